The highest BCUT2D eigenvalue weighted by Gasteiger charge is 2.24. The van der Waals surface area contributed by atoms with Crippen LogP contribution in [-0.2, 0) is 11.3 Å². The fourth-order valence-electron chi connectivity index (χ4n) is 1.97. The SMILES string of the molecule is CNC(=O)c1cc(COC(=O)N(C)C2CCNC2)on1.Cl. The molecule has 2 rings (SSSR count). The summed E-state index contributed by atoms with van der Waals surface area (Å²) >= 11 is 0. The maximum absolute atomic E-state index is 11.8. The summed E-state index contributed by atoms with van der Waals surface area (Å²) < 4.78 is 10.0. The normalized spacial score (nSPS) is 17.0. The fourth-order valence-corrected chi connectivity index (χ4v) is 1.97. The molecule has 0 saturated carbocycles. The second-order valence-electron chi connectivity index (χ2n) is 4.57. The topological polar surface area (TPSA) is 96.7 Å². The lowest BCUT2D eigenvalue weighted by Crippen LogP contribution is -2.38. The molecule has 8 nitrogen and oxygen atoms in total. The molecule has 1 atom stereocenters. The fraction of sp³-hybridized carbons (Fsp3) is 0.583. The van der Waals surface area contributed by atoms with E-state index in [1.165, 1.54) is 13.1 Å². The van der Waals surface area contributed by atoms with Gasteiger partial charge in [0.2, 0.25) is 0 Å². The molecular formula is C12H19ClN4O4. The zero-order chi connectivity index (χ0) is 14.5. The molecular weight excluding hydrogens is 300 g/mol. The van der Waals surface area contributed by atoms with E-state index in [1.54, 1.807) is 11.9 Å². The van der Waals surface area contributed by atoms with Crippen LogP contribution in [0.1, 0.15) is 22.7 Å². The highest BCUT2D eigenvalue weighted by Crippen LogP contribution is 2.10. The van der Waals surface area contributed by atoms with Crippen LogP contribution in [0.25, 0.3) is 0 Å². The summed E-state index contributed by atoms with van der Waals surface area (Å²) in [5, 5.41) is 9.20. The number of hydrogen-bond acceptors (Lipinski definition) is 6. The van der Waals surface area contributed by atoms with Crippen molar-refractivity contribution in [2.45, 2.75) is 19.1 Å². The monoisotopic (exact) mass is 318 g/mol. The van der Waals surface area contributed by atoms with Gasteiger partial charge in [0.15, 0.2) is 18.1 Å². The van der Waals surface area contributed by atoms with Crippen LogP contribution in [0.3, 0.4) is 0 Å². The second-order valence-corrected chi connectivity index (χ2v) is 4.57. The van der Waals surface area contributed by atoms with Crippen molar-refractivity contribution in [3.05, 3.63) is 17.5 Å². The molecule has 1 unspecified atom stereocenters. The molecule has 0 spiro atoms. The van der Waals surface area contributed by atoms with E-state index in [2.05, 4.69) is 15.8 Å². The quantitative estimate of drug-likeness (QED) is 0.833. The molecule has 0 bridgehead atoms. The molecule has 118 valence electrons. The van der Waals surface area contributed by atoms with Gasteiger partial charge in [-0.05, 0) is 13.0 Å². The van der Waals surface area contributed by atoms with Gasteiger partial charge in [0.25, 0.3) is 5.91 Å². The molecule has 21 heavy (non-hydrogen) atoms. The molecule has 1 saturated heterocycles. The molecule has 1 aliphatic rings. The number of ether oxygens (including phenoxy) is 1. The van der Waals surface area contributed by atoms with Gasteiger partial charge in [0.05, 0.1) is 0 Å². The summed E-state index contributed by atoms with van der Waals surface area (Å²) in [6, 6.07) is 1.60. The molecule has 0 aliphatic carbocycles. The predicted molar refractivity (Wildman–Crippen MR) is 76.4 cm³/mol. The zero-order valence-corrected chi connectivity index (χ0v) is 12.7. The molecule has 1 aromatic rings. The summed E-state index contributed by atoms with van der Waals surface area (Å²) in [6.07, 6.45) is 0.492. The van der Waals surface area contributed by atoms with Crippen LogP contribution in [-0.4, -0.2) is 55.3 Å². The lowest BCUT2D eigenvalue weighted by atomic mass is 10.2. The van der Waals surface area contributed by atoms with Gasteiger partial charge in [0.1, 0.15) is 0 Å². The Bertz CT molecular complexity index is 487. The summed E-state index contributed by atoms with van der Waals surface area (Å²) in [6.45, 7) is 1.63. The van der Waals surface area contributed by atoms with Gasteiger partial charge in [-0.15, -0.1) is 12.4 Å². The van der Waals surface area contributed by atoms with Crippen molar-refractivity contribution in [2.75, 3.05) is 27.2 Å². The van der Waals surface area contributed by atoms with Crippen molar-refractivity contribution < 1.29 is 18.8 Å². The molecule has 0 radical (unpaired) electrons. The molecule has 2 heterocycles. The minimum atomic E-state index is -0.420. The van der Waals surface area contributed by atoms with E-state index in [1.807, 2.05) is 0 Å². The van der Waals surface area contributed by atoms with E-state index in [4.69, 9.17) is 9.26 Å². The van der Waals surface area contributed by atoms with Crippen molar-refractivity contribution in [3.8, 4) is 0 Å². The van der Waals surface area contributed by atoms with Crippen LogP contribution < -0.4 is 10.6 Å². The third kappa shape index (κ3) is 4.33. The maximum Gasteiger partial charge on any atom is 0.410 e. The van der Waals surface area contributed by atoms with Gasteiger partial charge in [-0.2, -0.15) is 0 Å². The molecule has 0 aromatic carbocycles. The van der Waals surface area contributed by atoms with Crippen molar-refractivity contribution in [1.82, 2.24) is 20.7 Å². The standard InChI is InChI=1S/C12H18N4O4.ClH/c1-13-11(17)10-5-9(20-15-10)7-19-12(18)16(2)8-3-4-14-6-8;/h5,8,14H,3-4,6-7H2,1-2H3,(H,13,17);1H. The predicted octanol–water partition coefficient (Wildman–Crippen LogP) is 0.386. The Hall–Kier alpha value is -1.80. The first kappa shape index (κ1) is 17.3. The van der Waals surface area contributed by atoms with Gasteiger partial charge in [-0.1, -0.05) is 5.16 Å². The molecule has 2 amide bonds. The Kier molecular flexibility index (Phi) is 6.44. The van der Waals surface area contributed by atoms with Crippen molar-refractivity contribution in [2.24, 2.45) is 0 Å². The number of hydrogen-bond donors (Lipinski definition) is 2. The number of nitrogens with zero attached hydrogens (tertiary/aromatic N) is 2. The highest BCUT2D eigenvalue weighted by molar-refractivity contribution is 5.91. The summed E-state index contributed by atoms with van der Waals surface area (Å²) in [5.74, 6) is -0.0182. The van der Waals surface area contributed by atoms with Gasteiger partial charge in [-0.25, -0.2) is 4.79 Å². The van der Waals surface area contributed by atoms with Crippen LogP contribution in [0.4, 0.5) is 4.79 Å². The summed E-state index contributed by atoms with van der Waals surface area (Å²) in [5.41, 5.74) is 0.159. The minimum Gasteiger partial charge on any atom is -0.441 e. The van der Waals surface area contributed by atoms with Crippen molar-refractivity contribution >= 4 is 24.4 Å². The molecule has 2 N–H and O–H groups in total. The van der Waals surface area contributed by atoms with Crippen LogP contribution in [0.2, 0.25) is 0 Å². The van der Waals surface area contributed by atoms with E-state index in [0.29, 0.717) is 5.76 Å². The van der Waals surface area contributed by atoms with Crippen LogP contribution in [0, 0.1) is 0 Å². The smallest absolute Gasteiger partial charge is 0.410 e. The van der Waals surface area contributed by atoms with E-state index in [9.17, 15) is 9.59 Å². The number of halogens is 1. The number of carbonyl (C=O) groups is 2. The average Bonchev–Trinajstić information content (AvgIpc) is 3.13. The number of carbonyl (C=O) groups excluding carboxylic acids is 2. The third-order valence-corrected chi connectivity index (χ3v) is 3.23. The van der Waals surface area contributed by atoms with Crippen molar-refractivity contribution in [3.63, 3.8) is 0 Å². The lowest BCUT2D eigenvalue weighted by molar-refractivity contribution is 0.0851. The number of aromatic nitrogens is 1. The molecule has 1 aliphatic heterocycles. The number of rotatable bonds is 4. The van der Waals surface area contributed by atoms with E-state index in [0.717, 1.165) is 19.5 Å². The first-order chi connectivity index (χ1) is 9.61. The highest BCUT2D eigenvalue weighted by atomic mass is 35.5. The van der Waals surface area contributed by atoms with E-state index in [-0.39, 0.29) is 36.7 Å². The van der Waals surface area contributed by atoms with Gasteiger partial charge in [0, 0.05) is 32.7 Å². The Balaban J connectivity index is 0.00000220. The number of amides is 2. The Morgan fingerprint density at radius 3 is 3.00 bits per heavy atom. The Labute approximate surface area is 128 Å². The third-order valence-electron chi connectivity index (χ3n) is 3.23. The molecule has 1 aromatic heterocycles. The first-order valence-corrected chi connectivity index (χ1v) is 6.39. The maximum atomic E-state index is 11.8. The Morgan fingerprint density at radius 1 is 1.62 bits per heavy atom. The largest absolute Gasteiger partial charge is 0.441 e. The first-order valence-electron chi connectivity index (χ1n) is 6.39. The van der Waals surface area contributed by atoms with Gasteiger partial charge < -0.3 is 24.8 Å². The van der Waals surface area contributed by atoms with Crippen LogP contribution in [0.15, 0.2) is 10.6 Å². The van der Waals surface area contributed by atoms with Crippen LogP contribution >= 0.6 is 12.4 Å². The Morgan fingerprint density at radius 2 is 2.38 bits per heavy atom. The molecule has 1 fully saturated rings. The summed E-state index contributed by atoms with van der Waals surface area (Å²) in [7, 11) is 3.21. The minimum absolute atomic E-state index is 0. The lowest BCUT2D eigenvalue weighted by Gasteiger charge is -2.22. The molecule has 9 heteroatoms. The number of nitrogens with one attached hydrogen (secondary N) is 2. The van der Waals surface area contributed by atoms with Crippen molar-refractivity contribution in [1.29, 1.82) is 0 Å². The van der Waals surface area contributed by atoms with E-state index < -0.39 is 6.09 Å². The average molecular weight is 319 g/mol. The van der Waals surface area contributed by atoms with Crippen LogP contribution in [0.5, 0.6) is 0 Å². The number of likely N-dealkylation sites (N-methyl/N-ethyl adjacent to an activating group) is 1. The van der Waals surface area contributed by atoms with E-state index >= 15 is 0 Å². The zero-order valence-electron chi connectivity index (χ0n) is 11.9. The summed E-state index contributed by atoms with van der Waals surface area (Å²) in [4.78, 5) is 24.7. The van der Waals surface area contributed by atoms with Gasteiger partial charge in [-0.3, -0.25) is 4.79 Å². The second kappa shape index (κ2) is 7.84. The van der Waals surface area contributed by atoms with Gasteiger partial charge >= 0.3 is 6.09 Å².